The third-order valence-electron chi connectivity index (χ3n) is 5.62. The SMILES string of the molecule is CCn1c(Cn2ccnc2-c2cccc(C#N)c2)nc2cc(-c3cc(F)cc(F)c3)ccc21. The van der Waals surface area contributed by atoms with Crippen molar-refractivity contribution >= 4 is 11.0 Å². The second kappa shape index (κ2) is 8.32. The highest BCUT2D eigenvalue weighted by Crippen LogP contribution is 2.27. The molecular weight excluding hydrogens is 420 g/mol. The first-order valence-electron chi connectivity index (χ1n) is 10.5. The lowest BCUT2D eigenvalue weighted by molar-refractivity contribution is 0.584. The first-order valence-corrected chi connectivity index (χ1v) is 10.5. The molecule has 5 aromatic rings. The second-order valence-corrected chi connectivity index (χ2v) is 7.71. The summed E-state index contributed by atoms with van der Waals surface area (Å²) in [6, 6.07) is 18.6. The number of rotatable bonds is 5. The molecule has 0 unspecified atom stereocenters. The van der Waals surface area contributed by atoms with Gasteiger partial charge in [0.05, 0.1) is 29.2 Å². The molecule has 0 bridgehead atoms. The number of imidazole rings is 2. The van der Waals surface area contributed by atoms with Crippen LogP contribution < -0.4 is 0 Å². The van der Waals surface area contributed by atoms with Crippen LogP contribution in [0.5, 0.6) is 0 Å². The van der Waals surface area contributed by atoms with Crippen molar-refractivity contribution in [3.05, 3.63) is 96.1 Å². The fraction of sp³-hybridized carbons (Fsp3) is 0.115. The van der Waals surface area contributed by atoms with E-state index < -0.39 is 11.6 Å². The van der Waals surface area contributed by atoms with Gasteiger partial charge in [-0.2, -0.15) is 5.26 Å². The molecule has 5 nitrogen and oxygen atoms in total. The Morgan fingerprint density at radius 3 is 2.52 bits per heavy atom. The molecule has 5 rings (SSSR count). The Morgan fingerprint density at radius 1 is 0.939 bits per heavy atom. The summed E-state index contributed by atoms with van der Waals surface area (Å²) in [5, 5.41) is 9.22. The number of nitriles is 1. The summed E-state index contributed by atoms with van der Waals surface area (Å²) in [5.74, 6) is 0.361. The van der Waals surface area contributed by atoms with Gasteiger partial charge in [0.1, 0.15) is 23.3 Å². The van der Waals surface area contributed by atoms with Crippen molar-refractivity contribution in [1.29, 1.82) is 5.26 Å². The van der Waals surface area contributed by atoms with Crippen molar-refractivity contribution in [2.24, 2.45) is 0 Å². The van der Waals surface area contributed by atoms with Gasteiger partial charge in [-0.1, -0.05) is 18.2 Å². The largest absolute Gasteiger partial charge is 0.327 e. The maximum atomic E-state index is 13.7. The van der Waals surface area contributed by atoms with Gasteiger partial charge in [-0.15, -0.1) is 0 Å². The van der Waals surface area contributed by atoms with Gasteiger partial charge < -0.3 is 9.13 Å². The number of aromatic nitrogens is 4. The molecule has 3 aromatic carbocycles. The predicted octanol–water partition coefficient (Wildman–Crippen LogP) is 5.78. The van der Waals surface area contributed by atoms with E-state index in [4.69, 9.17) is 4.98 Å². The zero-order chi connectivity index (χ0) is 22.9. The molecule has 0 aliphatic heterocycles. The zero-order valence-electron chi connectivity index (χ0n) is 17.8. The Kier molecular flexibility index (Phi) is 5.19. The fourth-order valence-corrected chi connectivity index (χ4v) is 4.13. The molecule has 0 atom stereocenters. The third kappa shape index (κ3) is 3.87. The van der Waals surface area contributed by atoms with Crippen LogP contribution in [0.25, 0.3) is 33.5 Å². The molecule has 33 heavy (non-hydrogen) atoms. The number of fused-ring (bicyclic) bond motifs is 1. The van der Waals surface area contributed by atoms with Crippen LogP contribution in [-0.2, 0) is 13.1 Å². The third-order valence-corrected chi connectivity index (χ3v) is 5.62. The minimum absolute atomic E-state index is 0.469. The molecule has 0 saturated carbocycles. The first kappa shape index (κ1) is 20.6. The Morgan fingerprint density at radius 2 is 1.76 bits per heavy atom. The van der Waals surface area contributed by atoms with Gasteiger partial charge in [0.25, 0.3) is 0 Å². The van der Waals surface area contributed by atoms with Crippen LogP contribution in [-0.4, -0.2) is 19.1 Å². The molecule has 0 fully saturated rings. The van der Waals surface area contributed by atoms with E-state index in [9.17, 15) is 14.0 Å². The van der Waals surface area contributed by atoms with Crippen molar-refractivity contribution in [2.75, 3.05) is 0 Å². The average Bonchev–Trinajstić information content (AvgIpc) is 3.42. The molecule has 0 amide bonds. The number of aryl methyl sites for hydroxylation is 1. The van der Waals surface area contributed by atoms with Crippen molar-refractivity contribution < 1.29 is 8.78 Å². The standard InChI is InChI=1S/C26H19F2N5/c1-2-33-24-7-6-18(20-11-21(27)14-22(28)12-20)13-23(24)31-25(33)16-32-9-8-30-26(32)19-5-3-4-17(10-19)15-29/h3-14H,2,16H2,1H3. The topological polar surface area (TPSA) is 59.4 Å². The Balaban J connectivity index is 1.54. The monoisotopic (exact) mass is 439 g/mol. The normalized spacial score (nSPS) is 11.1. The van der Waals surface area contributed by atoms with Crippen LogP contribution in [0, 0.1) is 23.0 Å². The Bertz CT molecular complexity index is 1500. The van der Waals surface area contributed by atoms with Crippen LogP contribution in [0.4, 0.5) is 8.78 Å². The van der Waals surface area contributed by atoms with Crippen molar-refractivity contribution in [1.82, 2.24) is 19.1 Å². The molecule has 0 aliphatic rings. The van der Waals surface area contributed by atoms with Gasteiger partial charge in [0, 0.05) is 30.6 Å². The summed E-state index contributed by atoms with van der Waals surface area (Å²) in [5.41, 5.74) is 4.29. The van der Waals surface area contributed by atoms with Crippen LogP contribution in [0.15, 0.2) is 73.1 Å². The van der Waals surface area contributed by atoms with E-state index in [0.29, 0.717) is 29.8 Å². The molecule has 7 heteroatoms. The number of nitrogens with zero attached hydrogens (tertiary/aromatic N) is 5. The summed E-state index contributed by atoms with van der Waals surface area (Å²) in [6.45, 7) is 3.25. The quantitative estimate of drug-likeness (QED) is 0.349. The molecule has 0 aliphatic carbocycles. The highest BCUT2D eigenvalue weighted by atomic mass is 19.1. The van der Waals surface area contributed by atoms with E-state index in [0.717, 1.165) is 34.3 Å². The van der Waals surface area contributed by atoms with Crippen LogP contribution in [0.3, 0.4) is 0 Å². The van der Waals surface area contributed by atoms with Crippen molar-refractivity contribution in [3.8, 4) is 28.6 Å². The van der Waals surface area contributed by atoms with Crippen LogP contribution in [0.1, 0.15) is 18.3 Å². The number of hydrogen-bond donors (Lipinski definition) is 0. The van der Waals surface area contributed by atoms with E-state index in [1.165, 1.54) is 12.1 Å². The van der Waals surface area contributed by atoms with E-state index in [1.54, 1.807) is 12.3 Å². The molecular formula is C26H19F2N5. The van der Waals surface area contributed by atoms with E-state index in [-0.39, 0.29) is 0 Å². The summed E-state index contributed by atoms with van der Waals surface area (Å²) in [6.07, 6.45) is 3.61. The van der Waals surface area contributed by atoms with E-state index in [2.05, 4.69) is 15.6 Å². The molecule has 162 valence electrons. The average molecular weight is 439 g/mol. The van der Waals surface area contributed by atoms with E-state index >= 15 is 0 Å². The van der Waals surface area contributed by atoms with Gasteiger partial charge in [0.2, 0.25) is 0 Å². The number of halogens is 2. The van der Waals surface area contributed by atoms with E-state index in [1.807, 2.05) is 54.1 Å². The predicted molar refractivity (Wildman–Crippen MR) is 122 cm³/mol. The maximum Gasteiger partial charge on any atom is 0.140 e. The molecule has 0 saturated heterocycles. The lowest BCUT2D eigenvalue weighted by Gasteiger charge is -2.10. The zero-order valence-corrected chi connectivity index (χ0v) is 17.8. The molecule has 0 N–H and O–H groups in total. The minimum Gasteiger partial charge on any atom is -0.327 e. The lowest BCUT2D eigenvalue weighted by Crippen LogP contribution is -2.08. The minimum atomic E-state index is -0.613. The lowest BCUT2D eigenvalue weighted by atomic mass is 10.0. The highest BCUT2D eigenvalue weighted by Gasteiger charge is 2.14. The fourth-order valence-electron chi connectivity index (χ4n) is 4.13. The number of hydrogen-bond acceptors (Lipinski definition) is 3. The second-order valence-electron chi connectivity index (χ2n) is 7.71. The molecule has 0 radical (unpaired) electrons. The van der Waals surface area contributed by atoms with Gasteiger partial charge in [-0.3, -0.25) is 0 Å². The van der Waals surface area contributed by atoms with Crippen molar-refractivity contribution in [3.63, 3.8) is 0 Å². The Hall–Kier alpha value is -4.31. The smallest absolute Gasteiger partial charge is 0.140 e. The Labute approximate surface area is 189 Å². The van der Waals surface area contributed by atoms with Gasteiger partial charge in [-0.05, 0) is 54.4 Å². The van der Waals surface area contributed by atoms with Gasteiger partial charge in [-0.25, -0.2) is 18.7 Å². The van der Waals surface area contributed by atoms with Crippen LogP contribution in [0.2, 0.25) is 0 Å². The summed E-state index contributed by atoms with van der Waals surface area (Å²) in [4.78, 5) is 9.32. The van der Waals surface area contributed by atoms with Crippen LogP contribution >= 0.6 is 0 Å². The molecule has 2 aromatic heterocycles. The maximum absolute atomic E-state index is 13.7. The number of benzene rings is 3. The summed E-state index contributed by atoms with van der Waals surface area (Å²) >= 11 is 0. The summed E-state index contributed by atoms with van der Waals surface area (Å²) in [7, 11) is 0. The van der Waals surface area contributed by atoms with Gasteiger partial charge >= 0.3 is 0 Å². The van der Waals surface area contributed by atoms with Crippen molar-refractivity contribution in [2.45, 2.75) is 20.0 Å². The molecule has 0 spiro atoms. The summed E-state index contributed by atoms with van der Waals surface area (Å²) < 4.78 is 31.5. The highest BCUT2D eigenvalue weighted by molar-refractivity contribution is 5.82. The molecule has 2 heterocycles. The van der Waals surface area contributed by atoms with Gasteiger partial charge in [0.15, 0.2) is 0 Å². The first-order chi connectivity index (χ1) is 16.1.